The largest absolute Gasteiger partial charge is 0.481 e. The summed E-state index contributed by atoms with van der Waals surface area (Å²) in [5, 5.41) is 13.2. The summed E-state index contributed by atoms with van der Waals surface area (Å²) in [6.45, 7) is 8.08. The summed E-state index contributed by atoms with van der Waals surface area (Å²) in [5.41, 5.74) is 3.33. The Kier molecular flexibility index (Phi) is 8.81. The number of carbonyl (C=O) groups excluding carboxylic acids is 2. The summed E-state index contributed by atoms with van der Waals surface area (Å²) >= 11 is 1.52. The molecule has 2 aromatic rings. The van der Waals surface area contributed by atoms with Gasteiger partial charge in [-0.25, -0.2) is 4.99 Å². The lowest BCUT2D eigenvalue weighted by atomic mass is 9.76. The van der Waals surface area contributed by atoms with Crippen LogP contribution in [0.15, 0.2) is 40.2 Å². The van der Waals surface area contributed by atoms with E-state index in [0.29, 0.717) is 23.1 Å². The molecule has 2 unspecified atom stereocenters. The SMILES string of the molecule is CSC1=CC(C)=NC(=O)C1CNC(=O)c1c(C)n([C@H](C)C2CCC(CC(C)C(=O)O)CC2)c2ccccc12. The van der Waals surface area contributed by atoms with Gasteiger partial charge in [-0.1, -0.05) is 38.0 Å². The van der Waals surface area contributed by atoms with E-state index in [1.807, 2.05) is 44.4 Å². The Morgan fingerprint density at radius 2 is 1.84 bits per heavy atom. The van der Waals surface area contributed by atoms with Crippen LogP contribution in [-0.2, 0) is 9.59 Å². The summed E-state index contributed by atoms with van der Waals surface area (Å²) < 4.78 is 2.31. The zero-order valence-electron chi connectivity index (χ0n) is 23.0. The zero-order chi connectivity index (χ0) is 27.6. The van der Waals surface area contributed by atoms with Crippen LogP contribution in [0.5, 0.6) is 0 Å². The standard InChI is InChI=1S/C30H39N3O4S/c1-17(30(36)37)14-21-10-12-22(13-11-21)19(3)33-20(4)27(23-8-6-7-9-25(23)33)29(35)31-16-24-26(38-5)15-18(2)32-28(24)34/h6-9,15,17,19,21-22,24H,10-14,16H2,1-5H3,(H,31,35)(H,36,37)/t17?,19-,21?,22?,24?/m1/s1. The fourth-order valence-electron chi connectivity index (χ4n) is 6.30. The highest BCUT2D eigenvalue weighted by Gasteiger charge is 2.32. The number of aliphatic carboxylic acids is 1. The van der Waals surface area contributed by atoms with Gasteiger partial charge in [0.15, 0.2) is 0 Å². The second kappa shape index (κ2) is 11.9. The summed E-state index contributed by atoms with van der Waals surface area (Å²) in [5.74, 6) is -0.920. The third kappa shape index (κ3) is 5.75. The maximum Gasteiger partial charge on any atom is 0.306 e. The van der Waals surface area contributed by atoms with Crippen molar-refractivity contribution in [2.45, 2.75) is 65.8 Å². The molecule has 4 rings (SSSR count). The molecule has 8 heteroatoms. The van der Waals surface area contributed by atoms with Gasteiger partial charge < -0.3 is 15.0 Å². The molecular weight excluding hydrogens is 498 g/mol. The van der Waals surface area contributed by atoms with Crippen molar-refractivity contribution >= 4 is 46.2 Å². The number of nitrogens with zero attached hydrogens (tertiary/aromatic N) is 2. The van der Waals surface area contributed by atoms with Gasteiger partial charge in [-0.3, -0.25) is 14.4 Å². The number of benzene rings is 1. The predicted molar refractivity (Wildman–Crippen MR) is 154 cm³/mol. The first-order valence-electron chi connectivity index (χ1n) is 13.6. The first-order chi connectivity index (χ1) is 18.1. The molecule has 0 radical (unpaired) electrons. The Morgan fingerprint density at radius 3 is 2.50 bits per heavy atom. The van der Waals surface area contributed by atoms with Gasteiger partial charge >= 0.3 is 5.97 Å². The quantitative estimate of drug-likeness (QED) is 0.407. The van der Waals surface area contributed by atoms with Gasteiger partial charge in [-0.05, 0) is 70.3 Å². The highest BCUT2D eigenvalue weighted by molar-refractivity contribution is 8.02. The normalized spacial score (nSPS) is 23.5. The molecule has 0 bridgehead atoms. The van der Waals surface area contributed by atoms with Crippen LogP contribution < -0.4 is 5.32 Å². The molecule has 7 nitrogen and oxygen atoms in total. The molecule has 2 aliphatic rings. The van der Waals surface area contributed by atoms with Gasteiger partial charge in [0.2, 0.25) is 0 Å². The topological polar surface area (TPSA) is 101 Å². The maximum atomic E-state index is 13.6. The third-order valence-corrected chi connectivity index (χ3v) is 9.33. The minimum Gasteiger partial charge on any atom is -0.481 e. The number of aliphatic imine (C=N–C) groups is 1. The van der Waals surface area contributed by atoms with Crippen molar-refractivity contribution in [1.29, 1.82) is 0 Å². The van der Waals surface area contributed by atoms with Crippen LogP contribution in [0, 0.1) is 30.6 Å². The number of carbonyl (C=O) groups is 3. The van der Waals surface area contributed by atoms with Gasteiger partial charge in [-0.15, -0.1) is 11.8 Å². The van der Waals surface area contributed by atoms with Crippen molar-refractivity contribution < 1.29 is 19.5 Å². The first-order valence-corrected chi connectivity index (χ1v) is 14.8. The number of fused-ring (bicyclic) bond motifs is 1. The van der Waals surface area contributed by atoms with Gasteiger partial charge in [-0.2, -0.15) is 0 Å². The van der Waals surface area contributed by atoms with Crippen molar-refractivity contribution in [3.63, 3.8) is 0 Å². The Morgan fingerprint density at radius 1 is 1.16 bits per heavy atom. The smallest absolute Gasteiger partial charge is 0.306 e. The highest BCUT2D eigenvalue weighted by Crippen LogP contribution is 2.41. The number of aromatic nitrogens is 1. The molecule has 1 fully saturated rings. The van der Waals surface area contributed by atoms with Crippen LogP contribution in [-0.4, -0.2) is 46.0 Å². The van der Waals surface area contributed by atoms with E-state index >= 15 is 0 Å². The van der Waals surface area contributed by atoms with Crippen molar-refractivity contribution in [3.05, 3.63) is 46.5 Å². The summed E-state index contributed by atoms with van der Waals surface area (Å²) in [6.07, 6.45) is 8.79. The number of hydrogen-bond donors (Lipinski definition) is 2. The number of thioether (sulfide) groups is 1. The van der Waals surface area contributed by atoms with Gasteiger partial charge in [0.05, 0.1) is 17.4 Å². The molecule has 204 valence electrons. The van der Waals surface area contributed by atoms with Crippen LogP contribution in [0.3, 0.4) is 0 Å². The van der Waals surface area contributed by atoms with Crippen molar-refractivity contribution in [3.8, 4) is 0 Å². The number of rotatable bonds is 9. The van der Waals surface area contributed by atoms with Crippen LogP contribution >= 0.6 is 11.8 Å². The van der Waals surface area contributed by atoms with Crippen LogP contribution in [0.25, 0.3) is 10.9 Å². The third-order valence-electron chi connectivity index (χ3n) is 8.45. The van der Waals surface area contributed by atoms with Crippen LogP contribution in [0.2, 0.25) is 0 Å². The molecule has 1 saturated carbocycles. The van der Waals surface area contributed by atoms with E-state index in [0.717, 1.165) is 53.6 Å². The van der Waals surface area contributed by atoms with Crippen LogP contribution in [0.1, 0.15) is 75.0 Å². The lowest BCUT2D eigenvalue weighted by Crippen LogP contribution is -2.35. The summed E-state index contributed by atoms with van der Waals surface area (Å²) in [4.78, 5) is 42.4. The van der Waals surface area contributed by atoms with E-state index in [1.165, 1.54) is 11.8 Å². The molecule has 2 amide bonds. The minimum atomic E-state index is -0.711. The monoisotopic (exact) mass is 537 g/mol. The number of amides is 2. The lowest BCUT2D eigenvalue weighted by Gasteiger charge is -2.34. The molecule has 0 saturated heterocycles. The Balaban J connectivity index is 1.52. The molecule has 0 spiro atoms. The molecule has 1 aliphatic heterocycles. The first kappa shape index (κ1) is 28.1. The molecular formula is C30H39N3O4S. The van der Waals surface area contributed by atoms with Gasteiger partial charge in [0.25, 0.3) is 11.8 Å². The van der Waals surface area contributed by atoms with Crippen molar-refractivity contribution in [2.24, 2.45) is 28.7 Å². The van der Waals surface area contributed by atoms with Crippen molar-refractivity contribution in [1.82, 2.24) is 9.88 Å². The van der Waals surface area contributed by atoms with E-state index in [2.05, 4.69) is 27.9 Å². The van der Waals surface area contributed by atoms with E-state index in [9.17, 15) is 19.5 Å². The minimum absolute atomic E-state index is 0.171. The summed E-state index contributed by atoms with van der Waals surface area (Å²) in [6, 6.07) is 8.25. The number of para-hydroxylation sites is 1. The maximum absolute atomic E-state index is 13.6. The van der Waals surface area contributed by atoms with Gasteiger partial charge in [0.1, 0.15) is 0 Å². The average molecular weight is 538 g/mol. The Labute approximate surface area is 229 Å². The second-order valence-electron chi connectivity index (χ2n) is 10.9. The Bertz CT molecular complexity index is 1290. The average Bonchev–Trinajstić information content (AvgIpc) is 3.19. The molecule has 38 heavy (non-hydrogen) atoms. The van der Waals surface area contributed by atoms with E-state index in [-0.39, 0.29) is 30.3 Å². The van der Waals surface area contributed by atoms with E-state index in [1.54, 1.807) is 6.92 Å². The number of carboxylic acids is 1. The van der Waals surface area contributed by atoms with E-state index in [4.69, 9.17) is 0 Å². The fraction of sp³-hybridized carbons (Fsp3) is 0.533. The number of carboxylic acid groups (broad SMARTS) is 1. The summed E-state index contributed by atoms with van der Waals surface area (Å²) in [7, 11) is 0. The van der Waals surface area contributed by atoms with Gasteiger partial charge in [0, 0.05) is 39.8 Å². The molecule has 1 aromatic carbocycles. The highest BCUT2D eigenvalue weighted by atomic mass is 32.2. The number of hydrogen-bond acceptors (Lipinski definition) is 4. The molecule has 2 heterocycles. The molecule has 2 N–H and O–H groups in total. The number of dihydropyridines is 1. The van der Waals surface area contributed by atoms with E-state index < -0.39 is 11.9 Å². The van der Waals surface area contributed by atoms with Crippen LogP contribution in [0.4, 0.5) is 0 Å². The Hall–Kier alpha value is -2.87. The lowest BCUT2D eigenvalue weighted by molar-refractivity contribution is -0.141. The zero-order valence-corrected chi connectivity index (χ0v) is 23.8. The second-order valence-corrected chi connectivity index (χ2v) is 11.8. The fourth-order valence-corrected chi connectivity index (χ4v) is 7.06. The molecule has 1 aromatic heterocycles. The number of nitrogens with one attached hydrogen (secondary N) is 1. The molecule has 1 aliphatic carbocycles. The number of allylic oxidation sites excluding steroid dienone is 1. The predicted octanol–water partition coefficient (Wildman–Crippen LogP) is 6.02. The molecule has 3 atom stereocenters. The van der Waals surface area contributed by atoms with Crippen molar-refractivity contribution in [2.75, 3.05) is 12.8 Å².